The number of hydrogen-bond acceptors (Lipinski definition) is 5. The molecule has 6 nitrogen and oxygen atoms in total. The molecule has 0 aromatic heterocycles. The predicted octanol–water partition coefficient (Wildman–Crippen LogP) is 3.92. The SMILES string of the molecule is N/C(=N\C(=S)Nc1ccc(N2CCC(N3CCOCC3)CC2)cc1)SCC1CCCC1. The minimum absolute atomic E-state index is 0.426. The van der Waals surface area contributed by atoms with Gasteiger partial charge in [-0.3, -0.25) is 4.90 Å². The summed E-state index contributed by atoms with van der Waals surface area (Å²) in [6, 6.07) is 9.19. The fourth-order valence-electron chi connectivity index (χ4n) is 4.85. The van der Waals surface area contributed by atoms with E-state index >= 15 is 0 Å². The highest BCUT2D eigenvalue weighted by molar-refractivity contribution is 8.13. The maximum absolute atomic E-state index is 6.06. The van der Waals surface area contributed by atoms with Gasteiger partial charge in [0, 0.05) is 49.3 Å². The van der Waals surface area contributed by atoms with Gasteiger partial charge in [-0.25, -0.2) is 0 Å². The molecule has 4 rings (SSSR count). The van der Waals surface area contributed by atoms with Crippen molar-refractivity contribution in [2.75, 3.05) is 55.4 Å². The smallest absolute Gasteiger partial charge is 0.199 e. The number of nitrogens with two attached hydrogens (primary N) is 1. The quantitative estimate of drug-likeness (QED) is 0.391. The number of aliphatic imine (C=N–C) groups is 1. The second-order valence-electron chi connectivity index (χ2n) is 8.76. The zero-order valence-corrected chi connectivity index (χ0v) is 19.9. The number of hydrogen-bond donors (Lipinski definition) is 2. The van der Waals surface area contributed by atoms with Gasteiger partial charge in [-0.1, -0.05) is 24.6 Å². The maximum atomic E-state index is 6.06. The van der Waals surface area contributed by atoms with Crippen molar-refractivity contribution in [1.29, 1.82) is 0 Å². The van der Waals surface area contributed by atoms with Crippen LogP contribution < -0.4 is 16.0 Å². The lowest BCUT2D eigenvalue weighted by Crippen LogP contribution is -2.49. The topological polar surface area (TPSA) is 66.1 Å². The third-order valence-electron chi connectivity index (χ3n) is 6.66. The third kappa shape index (κ3) is 6.81. The third-order valence-corrected chi connectivity index (χ3v) is 7.88. The number of piperidine rings is 1. The highest BCUT2D eigenvalue weighted by Crippen LogP contribution is 2.28. The van der Waals surface area contributed by atoms with E-state index in [9.17, 15) is 0 Å². The number of ether oxygens (including phenoxy) is 1. The van der Waals surface area contributed by atoms with E-state index in [1.54, 1.807) is 11.8 Å². The van der Waals surface area contributed by atoms with E-state index in [2.05, 4.69) is 44.4 Å². The average molecular weight is 462 g/mol. The van der Waals surface area contributed by atoms with Crippen LogP contribution in [0, 0.1) is 5.92 Å². The Morgan fingerprint density at radius 3 is 2.42 bits per heavy atom. The van der Waals surface area contributed by atoms with Crippen molar-refractivity contribution in [3.63, 3.8) is 0 Å². The van der Waals surface area contributed by atoms with E-state index in [4.69, 9.17) is 22.7 Å². The van der Waals surface area contributed by atoms with E-state index in [1.165, 1.54) is 44.2 Å². The molecule has 2 aliphatic heterocycles. The summed E-state index contributed by atoms with van der Waals surface area (Å²) in [7, 11) is 0. The van der Waals surface area contributed by atoms with Crippen LogP contribution in [0.2, 0.25) is 0 Å². The molecule has 1 saturated carbocycles. The van der Waals surface area contributed by atoms with Crippen molar-refractivity contribution in [1.82, 2.24) is 4.90 Å². The zero-order valence-electron chi connectivity index (χ0n) is 18.3. The van der Waals surface area contributed by atoms with E-state index in [0.29, 0.717) is 16.3 Å². The van der Waals surface area contributed by atoms with Crippen molar-refractivity contribution in [3.8, 4) is 0 Å². The van der Waals surface area contributed by atoms with Gasteiger partial charge in [-0.05, 0) is 68.1 Å². The number of nitrogens with one attached hydrogen (secondary N) is 1. The number of morpholine rings is 1. The van der Waals surface area contributed by atoms with Crippen LogP contribution in [0.15, 0.2) is 29.3 Å². The number of thiocarbonyl (C=S) groups is 1. The number of anilines is 2. The molecule has 0 spiro atoms. The molecule has 0 amide bonds. The van der Waals surface area contributed by atoms with Crippen molar-refractivity contribution >= 4 is 45.6 Å². The minimum atomic E-state index is 0.426. The molecule has 0 radical (unpaired) electrons. The van der Waals surface area contributed by atoms with Crippen LogP contribution in [0.3, 0.4) is 0 Å². The average Bonchev–Trinajstić information content (AvgIpc) is 3.33. The summed E-state index contributed by atoms with van der Waals surface area (Å²) in [5.41, 5.74) is 8.28. The summed E-state index contributed by atoms with van der Waals surface area (Å²) in [4.78, 5) is 9.44. The Bertz CT molecular complexity index is 737. The van der Waals surface area contributed by atoms with E-state index in [1.807, 2.05) is 0 Å². The van der Waals surface area contributed by atoms with E-state index in [0.717, 1.165) is 56.8 Å². The molecule has 3 aliphatic rings. The normalized spacial score (nSPS) is 22.1. The summed E-state index contributed by atoms with van der Waals surface area (Å²) in [6.07, 6.45) is 7.78. The van der Waals surface area contributed by atoms with Crippen LogP contribution in [-0.4, -0.2) is 66.4 Å². The molecule has 2 saturated heterocycles. The highest BCUT2D eigenvalue weighted by Gasteiger charge is 2.25. The maximum Gasteiger partial charge on any atom is 0.199 e. The van der Waals surface area contributed by atoms with E-state index < -0.39 is 0 Å². The summed E-state index contributed by atoms with van der Waals surface area (Å²) < 4.78 is 5.49. The molecule has 0 bridgehead atoms. The first-order valence-corrected chi connectivity index (χ1v) is 13.0. The largest absolute Gasteiger partial charge is 0.379 e. The molecule has 1 aliphatic carbocycles. The summed E-state index contributed by atoms with van der Waals surface area (Å²) >= 11 is 7.01. The molecule has 170 valence electrons. The molecule has 0 unspecified atom stereocenters. The second-order valence-corrected chi connectivity index (χ2v) is 10.2. The molecule has 3 N–H and O–H groups in total. The Morgan fingerprint density at radius 1 is 1.06 bits per heavy atom. The number of rotatable bonds is 5. The van der Waals surface area contributed by atoms with Gasteiger partial charge in [-0.15, -0.1) is 0 Å². The van der Waals surface area contributed by atoms with Gasteiger partial charge < -0.3 is 20.7 Å². The molecule has 3 fully saturated rings. The van der Waals surface area contributed by atoms with Crippen LogP contribution in [0.25, 0.3) is 0 Å². The Hall–Kier alpha value is -1.35. The van der Waals surface area contributed by atoms with Crippen molar-refractivity contribution < 1.29 is 4.74 Å². The lowest BCUT2D eigenvalue weighted by molar-refractivity contribution is 0.0115. The number of benzene rings is 1. The molecule has 31 heavy (non-hydrogen) atoms. The lowest BCUT2D eigenvalue weighted by Gasteiger charge is -2.40. The van der Waals surface area contributed by atoms with Gasteiger partial charge in [0.15, 0.2) is 10.3 Å². The van der Waals surface area contributed by atoms with Gasteiger partial charge in [0.2, 0.25) is 0 Å². The van der Waals surface area contributed by atoms with Crippen molar-refractivity contribution in [2.24, 2.45) is 16.6 Å². The zero-order chi connectivity index (χ0) is 21.5. The van der Waals surface area contributed by atoms with E-state index in [-0.39, 0.29) is 0 Å². The molecular formula is C23H35N5OS2. The predicted molar refractivity (Wildman–Crippen MR) is 136 cm³/mol. The lowest BCUT2D eigenvalue weighted by atomic mass is 10.0. The minimum Gasteiger partial charge on any atom is -0.379 e. The van der Waals surface area contributed by atoms with Crippen LogP contribution in [0.1, 0.15) is 38.5 Å². The summed E-state index contributed by atoms with van der Waals surface area (Å²) in [6.45, 7) is 6.13. The van der Waals surface area contributed by atoms with Crippen molar-refractivity contribution in [2.45, 2.75) is 44.6 Å². The number of nitrogens with zero attached hydrogens (tertiary/aromatic N) is 3. The molecular weight excluding hydrogens is 426 g/mol. The van der Waals surface area contributed by atoms with Gasteiger partial charge in [0.1, 0.15) is 0 Å². The molecule has 2 heterocycles. The number of thioether (sulfide) groups is 1. The van der Waals surface area contributed by atoms with Crippen LogP contribution in [0.5, 0.6) is 0 Å². The van der Waals surface area contributed by atoms with Gasteiger partial charge in [0.25, 0.3) is 0 Å². The number of amidine groups is 1. The fourth-order valence-corrected chi connectivity index (χ4v) is 6.02. The Balaban J connectivity index is 1.21. The summed E-state index contributed by atoms with van der Waals surface area (Å²) in [5.74, 6) is 1.83. The first-order valence-electron chi connectivity index (χ1n) is 11.6. The standard InChI is InChI=1S/C23H35N5OS2/c24-22(31-17-18-3-1-2-4-18)26-23(30)25-19-5-7-20(8-6-19)27-11-9-21(10-12-27)28-13-15-29-16-14-28/h5-8,18,21H,1-4,9-17H2,(H3,24,25,26,30). The van der Waals surface area contributed by atoms with Crippen LogP contribution in [-0.2, 0) is 4.74 Å². The van der Waals surface area contributed by atoms with Gasteiger partial charge in [0.05, 0.1) is 13.2 Å². The first kappa shape index (κ1) is 22.8. The Morgan fingerprint density at radius 2 is 1.74 bits per heavy atom. The molecule has 8 heteroatoms. The first-order chi connectivity index (χ1) is 15.2. The second kappa shape index (κ2) is 11.5. The molecule has 1 aromatic rings. The Labute approximate surface area is 196 Å². The van der Waals surface area contributed by atoms with Crippen LogP contribution >= 0.6 is 24.0 Å². The van der Waals surface area contributed by atoms with Crippen molar-refractivity contribution in [3.05, 3.63) is 24.3 Å². The van der Waals surface area contributed by atoms with Gasteiger partial charge in [-0.2, -0.15) is 4.99 Å². The monoisotopic (exact) mass is 461 g/mol. The summed E-state index contributed by atoms with van der Waals surface area (Å²) in [5, 5.41) is 4.18. The Kier molecular flexibility index (Phi) is 8.47. The van der Waals surface area contributed by atoms with Gasteiger partial charge >= 0.3 is 0 Å². The highest BCUT2D eigenvalue weighted by atomic mass is 32.2. The fraction of sp³-hybridized carbons (Fsp3) is 0.652. The van der Waals surface area contributed by atoms with Crippen LogP contribution in [0.4, 0.5) is 11.4 Å². The molecule has 0 atom stereocenters. The molecule has 1 aromatic carbocycles.